The van der Waals surface area contributed by atoms with Gasteiger partial charge in [0, 0.05) is 17.9 Å². The summed E-state index contributed by atoms with van der Waals surface area (Å²) in [6, 6.07) is 5.17. The summed E-state index contributed by atoms with van der Waals surface area (Å²) in [7, 11) is 0. The van der Waals surface area contributed by atoms with Crippen LogP contribution in [0.3, 0.4) is 0 Å². The van der Waals surface area contributed by atoms with Gasteiger partial charge in [-0.2, -0.15) is 10.4 Å². The smallest absolute Gasteiger partial charge is 0.225 e. The number of aromatic nitrogens is 2. The maximum Gasteiger partial charge on any atom is 0.225 e. The Bertz CT molecular complexity index is 782. The van der Waals surface area contributed by atoms with Crippen molar-refractivity contribution < 1.29 is 4.79 Å². The predicted molar refractivity (Wildman–Crippen MR) is 92.4 cm³/mol. The summed E-state index contributed by atoms with van der Waals surface area (Å²) in [4.78, 5) is 11.8. The summed E-state index contributed by atoms with van der Waals surface area (Å²) < 4.78 is 0. The Morgan fingerprint density at radius 3 is 2.70 bits per heavy atom. The van der Waals surface area contributed by atoms with E-state index in [4.69, 9.17) is 46.4 Å². The number of carbonyl (C=O) groups excluding carboxylic acids is 1. The molecule has 2 N–H and O–H groups in total. The summed E-state index contributed by atoms with van der Waals surface area (Å²) in [5, 5.41) is 19.3. The Morgan fingerprint density at radius 2 is 2.04 bits per heavy atom. The minimum Gasteiger partial charge on any atom is -0.308 e. The molecule has 0 spiro atoms. The zero-order chi connectivity index (χ0) is 17.0. The SMILES string of the molecule is N#Cc1c(NC(=O)CCCCl)n[nH]c1-c1ccc(Cl)c(Cl)c1Cl. The van der Waals surface area contributed by atoms with E-state index in [1.54, 1.807) is 12.1 Å². The van der Waals surface area contributed by atoms with Gasteiger partial charge in [-0.1, -0.05) is 34.8 Å². The van der Waals surface area contributed by atoms with Crippen LogP contribution in [0.15, 0.2) is 12.1 Å². The number of nitrogens with zero attached hydrogens (tertiary/aromatic N) is 2. The number of aromatic amines is 1. The molecule has 0 saturated carbocycles. The fourth-order valence-corrected chi connectivity index (χ4v) is 2.64. The molecule has 0 aliphatic rings. The normalized spacial score (nSPS) is 10.4. The number of halogens is 4. The van der Waals surface area contributed by atoms with Crippen molar-refractivity contribution in [2.45, 2.75) is 12.8 Å². The van der Waals surface area contributed by atoms with Crippen molar-refractivity contribution in [3.05, 3.63) is 32.8 Å². The Kier molecular flexibility index (Phi) is 6.14. The van der Waals surface area contributed by atoms with E-state index < -0.39 is 0 Å². The third kappa shape index (κ3) is 3.91. The van der Waals surface area contributed by atoms with Crippen molar-refractivity contribution in [2.75, 3.05) is 11.2 Å². The lowest BCUT2D eigenvalue weighted by molar-refractivity contribution is -0.116. The van der Waals surface area contributed by atoms with Gasteiger partial charge in [-0.3, -0.25) is 9.89 Å². The van der Waals surface area contributed by atoms with Crippen molar-refractivity contribution in [3.8, 4) is 17.3 Å². The first-order chi connectivity index (χ1) is 11.0. The fraction of sp³-hybridized carbons (Fsp3) is 0.214. The van der Waals surface area contributed by atoms with Crippen LogP contribution < -0.4 is 5.32 Å². The molecule has 0 unspecified atom stereocenters. The summed E-state index contributed by atoms with van der Waals surface area (Å²) in [5.74, 6) is 0.230. The number of carbonyl (C=O) groups is 1. The Hall–Kier alpha value is -1.45. The molecule has 23 heavy (non-hydrogen) atoms. The Labute approximate surface area is 152 Å². The summed E-state index contributed by atoms with van der Waals surface area (Å²) in [5.41, 5.74) is 0.972. The third-order valence-corrected chi connectivity index (χ3v) is 4.54. The second kappa shape index (κ2) is 7.89. The van der Waals surface area contributed by atoms with Crippen LogP contribution in [0.4, 0.5) is 5.82 Å². The fourth-order valence-electron chi connectivity index (χ4n) is 1.88. The number of hydrogen-bond acceptors (Lipinski definition) is 3. The first-order valence-corrected chi connectivity index (χ1v) is 8.14. The minimum absolute atomic E-state index is 0.129. The quantitative estimate of drug-likeness (QED) is 0.563. The molecule has 1 amide bonds. The van der Waals surface area contributed by atoms with E-state index >= 15 is 0 Å². The van der Waals surface area contributed by atoms with Gasteiger partial charge in [0.15, 0.2) is 5.82 Å². The first kappa shape index (κ1) is 17.9. The molecule has 1 aromatic heterocycles. The van der Waals surface area contributed by atoms with Gasteiger partial charge in [0.05, 0.1) is 20.8 Å². The van der Waals surface area contributed by atoms with E-state index in [-0.39, 0.29) is 33.8 Å². The number of alkyl halides is 1. The van der Waals surface area contributed by atoms with Gasteiger partial charge in [-0.05, 0) is 18.6 Å². The van der Waals surface area contributed by atoms with Crippen LogP contribution in [0.5, 0.6) is 0 Å². The van der Waals surface area contributed by atoms with Gasteiger partial charge in [0.25, 0.3) is 0 Å². The highest BCUT2D eigenvalue weighted by Gasteiger charge is 2.20. The summed E-state index contributed by atoms with van der Waals surface area (Å²) >= 11 is 23.6. The van der Waals surface area contributed by atoms with E-state index in [2.05, 4.69) is 15.5 Å². The lowest BCUT2D eigenvalue weighted by atomic mass is 10.1. The van der Waals surface area contributed by atoms with Crippen LogP contribution in [0.2, 0.25) is 15.1 Å². The molecule has 0 radical (unpaired) electrons. The number of rotatable bonds is 5. The molecular weight excluding hydrogens is 382 g/mol. The van der Waals surface area contributed by atoms with Gasteiger partial charge in [-0.25, -0.2) is 0 Å². The summed E-state index contributed by atoms with van der Waals surface area (Å²) in [6.07, 6.45) is 0.773. The lowest BCUT2D eigenvalue weighted by Crippen LogP contribution is -2.12. The van der Waals surface area contributed by atoms with Gasteiger partial charge in [0.1, 0.15) is 11.6 Å². The number of hydrogen-bond donors (Lipinski definition) is 2. The molecule has 1 heterocycles. The average Bonchev–Trinajstić information content (AvgIpc) is 2.93. The molecule has 9 heteroatoms. The number of nitriles is 1. The second-order valence-electron chi connectivity index (χ2n) is 4.50. The molecule has 0 aliphatic carbocycles. The Morgan fingerprint density at radius 1 is 1.30 bits per heavy atom. The molecule has 1 aromatic carbocycles. The standard InChI is InChI=1S/C14H10Cl4N4O/c15-5-1-2-10(23)20-14-8(6-19)13(21-22-14)7-3-4-9(16)12(18)11(7)17/h3-4H,1-2,5H2,(H2,20,21,22,23). The average molecular weight is 392 g/mol. The minimum atomic E-state index is -0.277. The molecule has 0 fully saturated rings. The van der Waals surface area contributed by atoms with Crippen molar-refractivity contribution in [3.63, 3.8) is 0 Å². The van der Waals surface area contributed by atoms with Gasteiger partial charge >= 0.3 is 0 Å². The Balaban J connectivity index is 2.38. The number of amides is 1. The monoisotopic (exact) mass is 390 g/mol. The van der Waals surface area contributed by atoms with E-state index in [1.165, 1.54) is 0 Å². The molecule has 0 bridgehead atoms. The van der Waals surface area contributed by atoms with Crippen molar-refractivity contribution >= 4 is 58.1 Å². The second-order valence-corrected chi connectivity index (χ2v) is 6.04. The first-order valence-electron chi connectivity index (χ1n) is 6.47. The zero-order valence-electron chi connectivity index (χ0n) is 11.6. The zero-order valence-corrected chi connectivity index (χ0v) is 14.6. The molecule has 0 atom stereocenters. The highest BCUT2D eigenvalue weighted by Crippen LogP contribution is 2.39. The number of nitrogens with one attached hydrogen (secondary N) is 2. The van der Waals surface area contributed by atoms with Crippen LogP contribution in [0.25, 0.3) is 11.3 Å². The predicted octanol–water partition coefficient (Wildman–Crippen LogP) is 4.87. The van der Waals surface area contributed by atoms with Gasteiger partial charge in [0.2, 0.25) is 5.91 Å². The third-order valence-electron chi connectivity index (χ3n) is 2.98. The van der Waals surface area contributed by atoms with Gasteiger partial charge in [-0.15, -0.1) is 11.6 Å². The summed E-state index contributed by atoms with van der Waals surface area (Å²) in [6.45, 7) is 0. The van der Waals surface area contributed by atoms with Crippen LogP contribution in [-0.2, 0) is 4.79 Å². The lowest BCUT2D eigenvalue weighted by Gasteiger charge is -2.06. The van der Waals surface area contributed by atoms with Crippen molar-refractivity contribution in [1.82, 2.24) is 10.2 Å². The van der Waals surface area contributed by atoms with E-state index in [9.17, 15) is 10.1 Å². The molecule has 120 valence electrons. The van der Waals surface area contributed by atoms with Crippen LogP contribution in [-0.4, -0.2) is 22.0 Å². The van der Waals surface area contributed by atoms with E-state index in [0.717, 1.165) is 0 Å². The van der Waals surface area contributed by atoms with Gasteiger partial charge < -0.3 is 5.32 Å². The maximum absolute atomic E-state index is 11.8. The molecular formula is C14H10Cl4N4O. The molecule has 0 saturated heterocycles. The number of anilines is 1. The molecule has 2 aromatic rings. The van der Waals surface area contributed by atoms with Crippen molar-refractivity contribution in [1.29, 1.82) is 5.26 Å². The maximum atomic E-state index is 11.8. The largest absolute Gasteiger partial charge is 0.308 e. The molecule has 5 nitrogen and oxygen atoms in total. The highest BCUT2D eigenvalue weighted by molar-refractivity contribution is 6.49. The number of benzene rings is 1. The van der Waals surface area contributed by atoms with Crippen LogP contribution in [0, 0.1) is 11.3 Å². The van der Waals surface area contributed by atoms with Crippen LogP contribution >= 0.6 is 46.4 Å². The van der Waals surface area contributed by atoms with E-state index in [1.807, 2.05) is 6.07 Å². The number of H-pyrrole nitrogens is 1. The molecule has 2 rings (SSSR count). The topological polar surface area (TPSA) is 81.6 Å². The van der Waals surface area contributed by atoms with Crippen LogP contribution in [0.1, 0.15) is 18.4 Å². The highest BCUT2D eigenvalue weighted by atomic mass is 35.5. The van der Waals surface area contributed by atoms with Crippen molar-refractivity contribution in [2.24, 2.45) is 0 Å². The van der Waals surface area contributed by atoms with E-state index in [0.29, 0.717) is 28.6 Å². The molecule has 0 aliphatic heterocycles.